The monoisotopic (exact) mass is 500 g/mol. The van der Waals surface area contributed by atoms with Crippen molar-refractivity contribution in [2.75, 3.05) is 18.6 Å². The third-order valence-corrected chi connectivity index (χ3v) is 5.41. The smallest absolute Gasteiger partial charge is 0.216 e. The zero-order chi connectivity index (χ0) is 20.6. The normalized spacial score (nSPS) is 9.85. The number of aryl methyl sites for hydroxylation is 1. The van der Waals surface area contributed by atoms with Crippen LogP contribution in [-0.4, -0.2) is 28.6 Å². The third-order valence-electron chi connectivity index (χ3n) is 3.69. The number of aromatic nitrogens is 1. The number of ketones is 1. The maximum atomic E-state index is 13.3. The molecule has 0 bridgehead atoms. The van der Waals surface area contributed by atoms with Crippen LogP contribution in [0.3, 0.4) is 0 Å². The van der Waals surface area contributed by atoms with E-state index in [1.807, 2.05) is 32.9 Å². The van der Waals surface area contributed by atoms with Gasteiger partial charge in [0.15, 0.2) is 0 Å². The van der Waals surface area contributed by atoms with Crippen LogP contribution in [0.15, 0.2) is 55.5 Å². The van der Waals surface area contributed by atoms with E-state index in [1.54, 1.807) is 34.3 Å². The summed E-state index contributed by atoms with van der Waals surface area (Å²) in [6.07, 6.45) is 3.32. The van der Waals surface area contributed by atoms with E-state index in [0.717, 1.165) is 5.56 Å². The minimum absolute atomic E-state index is 0.182. The van der Waals surface area contributed by atoms with Crippen molar-refractivity contribution in [1.29, 1.82) is 0 Å². The van der Waals surface area contributed by atoms with Crippen molar-refractivity contribution in [2.45, 2.75) is 20.8 Å². The number of hydrogen-bond acceptors (Lipinski definition) is 5. The van der Waals surface area contributed by atoms with Crippen LogP contribution in [0, 0.1) is 6.92 Å². The second-order valence-corrected chi connectivity index (χ2v) is 6.97. The van der Waals surface area contributed by atoms with Crippen LogP contribution < -0.4 is 9.64 Å². The van der Waals surface area contributed by atoms with Gasteiger partial charge < -0.3 is 14.7 Å². The zero-order valence-corrected chi connectivity index (χ0v) is 19.0. The first-order valence-corrected chi connectivity index (χ1v) is 11.7. The molecule has 0 saturated carbocycles. The second-order valence-electron chi connectivity index (χ2n) is 5.25. The number of aliphatic hydroxyl groups is 1. The van der Waals surface area contributed by atoms with Gasteiger partial charge in [0, 0.05) is 48.4 Å². The summed E-state index contributed by atoms with van der Waals surface area (Å²) in [4.78, 5) is 14.9. The number of rotatable bonds is 8. The molecule has 146 valence electrons. The van der Waals surface area contributed by atoms with Gasteiger partial charge in [-0.2, -0.15) is 0 Å². The highest BCUT2D eigenvalue weighted by molar-refractivity contribution is 14.2. The zero-order valence-electron chi connectivity index (χ0n) is 16.0. The quantitative estimate of drug-likeness (QED) is 0.391. The molecule has 0 aliphatic rings. The maximum Gasteiger partial charge on any atom is 0.216 e. The standard InChI is InChI=1S/C18H19IN2O3S.C2H6/c1-5-20(13(3)11-22)15-8-9-21(25-19)17(15)18(23)14-7-6-12(2)10-16(14)24-4;1-2/h5-10,22H,1,3,11H2,2,4H3;1-2H3. The molecule has 2 rings (SSSR count). The number of methoxy groups -OCH3 is 1. The van der Waals surface area contributed by atoms with Gasteiger partial charge in [0.25, 0.3) is 0 Å². The van der Waals surface area contributed by atoms with Gasteiger partial charge in [-0.1, -0.05) is 33.1 Å². The molecule has 0 amide bonds. The number of carbonyl (C=O) groups is 1. The van der Waals surface area contributed by atoms with Crippen LogP contribution in [0.1, 0.15) is 35.5 Å². The van der Waals surface area contributed by atoms with Gasteiger partial charge in [-0.15, -0.1) is 0 Å². The predicted molar refractivity (Wildman–Crippen MR) is 123 cm³/mol. The molecule has 7 heteroatoms. The Morgan fingerprint density at radius 2 is 2.07 bits per heavy atom. The summed E-state index contributed by atoms with van der Waals surface area (Å²) in [6, 6.07) is 7.25. The van der Waals surface area contributed by atoms with E-state index >= 15 is 0 Å². The van der Waals surface area contributed by atoms with E-state index in [1.165, 1.54) is 15.3 Å². The van der Waals surface area contributed by atoms with Crippen LogP contribution in [0.4, 0.5) is 5.69 Å². The highest BCUT2D eigenvalue weighted by Gasteiger charge is 2.25. The van der Waals surface area contributed by atoms with E-state index in [4.69, 9.17) is 4.74 Å². The molecule has 0 atom stereocenters. The average molecular weight is 500 g/mol. The molecule has 0 spiro atoms. The Morgan fingerprint density at radius 1 is 1.41 bits per heavy atom. The minimum Gasteiger partial charge on any atom is -0.496 e. The molecule has 0 saturated heterocycles. The molecule has 1 heterocycles. The predicted octanol–water partition coefficient (Wildman–Crippen LogP) is 5.36. The van der Waals surface area contributed by atoms with E-state index in [-0.39, 0.29) is 12.4 Å². The lowest BCUT2D eigenvalue weighted by Gasteiger charge is -2.22. The van der Waals surface area contributed by atoms with Crippen LogP contribution >= 0.6 is 30.3 Å². The van der Waals surface area contributed by atoms with Gasteiger partial charge in [-0.05, 0) is 30.7 Å². The van der Waals surface area contributed by atoms with Gasteiger partial charge >= 0.3 is 0 Å². The molecule has 0 aliphatic carbocycles. The summed E-state index contributed by atoms with van der Waals surface area (Å²) >= 11 is 2.11. The third kappa shape index (κ3) is 5.18. The van der Waals surface area contributed by atoms with E-state index < -0.39 is 0 Å². The molecule has 2 aromatic rings. The van der Waals surface area contributed by atoms with Crippen molar-refractivity contribution < 1.29 is 14.6 Å². The Morgan fingerprint density at radius 3 is 2.59 bits per heavy atom. The minimum atomic E-state index is -0.240. The number of anilines is 1. The number of ether oxygens (including phenoxy) is 1. The Labute approximate surface area is 177 Å². The Kier molecular flexibility index (Phi) is 9.68. The first-order chi connectivity index (χ1) is 13.0. The van der Waals surface area contributed by atoms with Crippen molar-refractivity contribution in [1.82, 2.24) is 3.97 Å². The molecule has 0 fully saturated rings. The second kappa shape index (κ2) is 11.2. The number of hydrogen-bond donors (Lipinski definition) is 1. The molecule has 1 aromatic heterocycles. The Hall–Kier alpha value is -1.71. The number of aliphatic hydroxyl groups excluding tert-OH is 1. The SMILES string of the molecule is C=CN(C(=C)CO)c1ccn(SI)c1C(=O)c1ccc(C)cc1OC.CC. The summed E-state index contributed by atoms with van der Waals surface area (Å²) in [6.45, 7) is 13.3. The number of benzene rings is 1. The topological polar surface area (TPSA) is 54.7 Å². The Bertz CT molecular complexity index is 818. The fourth-order valence-corrected chi connectivity index (χ4v) is 3.80. The van der Waals surface area contributed by atoms with Crippen LogP contribution in [0.25, 0.3) is 0 Å². The molecule has 0 unspecified atom stereocenters. The summed E-state index contributed by atoms with van der Waals surface area (Å²) in [7, 11) is 2.92. The van der Waals surface area contributed by atoms with Crippen molar-refractivity contribution in [3.8, 4) is 5.75 Å². The molecule has 0 aliphatic heterocycles. The molecule has 27 heavy (non-hydrogen) atoms. The van der Waals surface area contributed by atoms with Gasteiger partial charge in [0.05, 0.1) is 25.0 Å². The summed E-state index contributed by atoms with van der Waals surface area (Å²) in [5, 5.41) is 9.41. The first kappa shape index (κ1) is 23.3. The summed E-state index contributed by atoms with van der Waals surface area (Å²) < 4.78 is 7.15. The van der Waals surface area contributed by atoms with E-state index in [0.29, 0.717) is 28.4 Å². The van der Waals surface area contributed by atoms with Gasteiger partial charge in [-0.25, -0.2) is 0 Å². The van der Waals surface area contributed by atoms with Crippen LogP contribution in [0.5, 0.6) is 5.75 Å². The van der Waals surface area contributed by atoms with E-state index in [2.05, 4.69) is 34.4 Å². The Balaban J connectivity index is 0.00000176. The molecule has 0 radical (unpaired) electrons. The van der Waals surface area contributed by atoms with Crippen molar-refractivity contribution in [2.24, 2.45) is 0 Å². The fourth-order valence-electron chi connectivity index (χ4n) is 2.46. The summed E-state index contributed by atoms with van der Waals surface area (Å²) in [5.74, 6) is 0.340. The van der Waals surface area contributed by atoms with Crippen molar-refractivity contribution in [3.05, 3.63) is 72.3 Å². The van der Waals surface area contributed by atoms with Gasteiger partial charge in [-0.3, -0.25) is 8.77 Å². The lowest BCUT2D eigenvalue weighted by molar-refractivity contribution is 0.103. The molecular weight excluding hydrogens is 475 g/mol. The molecule has 1 aromatic carbocycles. The number of nitrogens with zero attached hydrogens (tertiary/aromatic N) is 2. The fraction of sp³-hybridized carbons (Fsp3) is 0.250. The lowest BCUT2D eigenvalue weighted by Crippen LogP contribution is -2.20. The first-order valence-electron chi connectivity index (χ1n) is 8.38. The summed E-state index contributed by atoms with van der Waals surface area (Å²) in [5.41, 5.74) is 2.96. The van der Waals surface area contributed by atoms with Crippen LogP contribution in [0.2, 0.25) is 0 Å². The average Bonchev–Trinajstić information content (AvgIpc) is 3.12. The number of halogens is 1. The lowest BCUT2D eigenvalue weighted by atomic mass is 10.0. The molecule has 1 N–H and O–H groups in total. The number of carbonyl (C=O) groups excluding carboxylic acids is 1. The van der Waals surface area contributed by atoms with E-state index in [9.17, 15) is 9.90 Å². The van der Waals surface area contributed by atoms with Crippen molar-refractivity contribution >= 4 is 41.8 Å². The highest BCUT2D eigenvalue weighted by atomic mass is 127. The maximum absolute atomic E-state index is 13.3. The van der Waals surface area contributed by atoms with Gasteiger partial charge in [0.1, 0.15) is 11.4 Å². The molecular formula is C20H25IN2O3S. The van der Waals surface area contributed by atoms with Crippen molar-refractivity contribution in [3.63, 3.8) is 0 Å². The molecule has 5 nitrogen and oxygen atoms in total. The highest BCUT2D eigenvalue weighted by Crippen LogP contribution is 2.34. The van der Waals surface area contributed by atoms with Gasteiger partial charge in [0.2, 0.25) is 5.78 Å². The van der Waals surface area contributed by atoms with Crippen LogP contribution in [-0.2, 0) is 0 Å². The largest absolute Gasteiger partial charge is 0.496 e.